The van der Waals surface area contributed by atoms with Gasteiger partial charge in [0.1, 0.15) is 6.10 Å². The highest BCUT2D eigenvalue weighted by atomic mass is 16.7. The Bertz CT molecular complexity index is 352. The summed E-state index contributed by atoms with van der Waals surface area (Å²) in [6, 6.07) is 0. The zero-order valence-corrected chi connectivity index (χ0v) is 18.5. The lowest BCUT2D eigenvalue weighted by molar-refractivity contribution is -0.144. The lowest BCUT2D eigenvalue weighted by atomic mass is 10.0. The summed E-state index contributed by atoms with van der Waals surface area (Å²) in [5.74, 6) is -0.446. The fourth-order valence-electron chi connectivity index (χ4n) is 3.58. The molecule has 1 fully saturated rings. The van der Waals surface area contributed by atoms with Crippen LogP contribution in [-0.2, 0) is 14.2 Å². The molecule has 1 aliphatic heterocycles. The van der Waals surface area contributed by atoms with E-state index in [0.29, 0.717) is 19.8 Å². The summed E-state index contributed by atoms with van der Waals surface area (Å²) in [5, 5.41) is 0. The smallest absolute Gasteiger partial charge is 0.163 e. The van der Waals surface area contributed by atoms with Crippen LogP contribution < -0.4 is 0 Å². The van der Waals surface area contributed by atoms with Crippen molar-refractivity contribution in [3.8, 4) is 0 Å². The van der Waals surface area contributed by atoms with Crippen molar-refractivity contribution >= 4 is 0 Å². The van der Waals surface area contributed by atoms with Gasteiger partial charge in [0.05, 0.1) is 19.8 Å². The molecule has 0 N–H and O–H groups in total. The standard InChI is InChI=1S/C24H46O3/c1-4-5-6-7-8-9-10-11-12-13-14-15-16-17-18-19-20-25-21-23-22-26-24(2,3)27-23/h18-19,23H,4-17,20-22H2,1-3H3/b19-18+/t23-/m1/s1. The minimum Gasteiger partial charge on any atom is -0.375 e. The zero-order chi connectivity index (χ0) is 19.6. The second-order valence-corrected chi connectivity index (χ2v) is 8.49. The third-order valence-electron chi connectivity index (χ3n) is 5.23. The molecule has 0 radical (unpaired) electrons. The highest BCUT2D eigenvalue weighted by molar-refractivity contribution is 4.81. The molecule has 1 rings (SSSR count). The van der Waals surface area contributed by atoms with Crippen molar-refractivity contribution in [2.45, 2.75) is 123 Å². The predicted octanol–water partition coefficient (Wildman–Crippen LogP) is 7.19. The molecule has 1 aliphatic rings. The Morgan fingerprint density at radius 1 is 0.815 bits per heavy atom. The van der Waals surface area contributed by atoms with Crippen LogP contribution in [0.1, 0.15) is 111 Å². The third kappa shape index (κ3) is 15.2. The van der Waals surface area contributed by atoms with E-state index in [-0.39, 0.29) is 6.10 Å². The highest BCUT2D eigenvalue weighted by Gasteiger charge is 2.32. The van der Waals surface area contributed by atoms with Gasteiger partial charge in [-0.2, -0.15) is 0 Å². The van der Waals surface area contributed by atoms with Crippen LogP contribution in [0.4, 0.5) is 0 Å². The van der Waals surface area contributed by atoms with Crippen LogP contribution in [0.3, 0.4) is 0 Å². The molecule has 0 aromatic rings. The molecule has 0 aromatic heterocycles. The maximum atomic E-state index is 5.71. The summed E-state index contributed by atoms with van der Waals surface area (Å²) in [6.45, 7) is 8.11. The summed E-state index contributed by atoms with van der Waals surface area (Å²) in [6.07, 6.45) is 24.0. The first kappa shape index (κ1) is 24.7. The van der Waals surface area contributed by atoms with Crippen molar-refractivity contribution in [2.24, 2.45) is 0 Å². The van der Waals surface area contributed by atoms with Crippen LogP contribution in [0.5, 0.6) is 0 Å². The summed E-state index contributed by atoms with van der Waals surface area (Å²) in [4.78, 5) is 0. The minimum atomic E-state index is -0.446. The van der Waals surface area contributed by atoms with E-state index in [1.165, 1.54) is 89.9 Å². The van der Waals surface area contributed by atoms with E-state index in [1.807, 2.05) is 13.8 Å². The Morgan fingerprint density at radius 3 is 1.89 bits per heavy atom. The van der Waals surface area contributed by atoms with Gasteiger partial charge in [-0.15, -0.1) is 0 Å². The molecule has 0 bridgehead atoms. The van der Waals surface area contributed by atoms with Gasteiger partial charge in [0.15, 0.2) is 5.79 Å². The molecule has 3 nitrogen and oxygen atoms in total. The van der Waals surface area contributed by atoms with Crippen LogP contribution in [0.25, 0.3) is 0 Å². The van der Waals surface area contributed by atoms with Crippen LogP contribution in [-0.4, -0.2) is 31.7 Å². The average molecular weight is 383 g/mol. The second kappa shape index (κ2) is 16.6. The van der Waals surface area contributed by atoms with Gasteiger partial charge >= 0.3 is 0 Å². The second-order valence-electron chi connectivity index (χ2n) is 8.49. The lowest BCUT2D eigenvalue weighted by Gasteiger charge is -2.16. The maximum Gasteiger partial charge on any atom is 0.163 e. The number of unbranched alkanes of at least 4 members (excludes halogenated alkanes) is 13. The molecule has 0 amide bonds. The van der Waals surface area contributed by atoms with Crippen molar-refractivity contribution in [1.29, 1.82) is 0 Å². The summed E-state index contributed by atoms with van der Waals surface area (Å²) in [7, 11) is 0. The Labute approximate surface area is 169 Å². The van der Waals surface area contributed by atoms with Crippen LogP contribution in [0, 0.1) is 0 Å². The number of ether oxygens (including phenoxy) is 3. The molecule has 160 valence electrons. The van der Waals surface area contributed by atoms with Crippen LogP contribution in [0.2, 0.25) is 0 Å². The molecular weight excluding hydrogens is 336 g/mol. The van der Waals surface area contributed by atoms with E-state index in [4.69, 9.17) is 14.2 Å². The normalized spacial score (nSPS) is 19.3. The predicted molar refractivity (Wildman–Crippen MR) is 115 cm³/mol. The molecule has 1 atom stereocenters. The fraction of sp³-hybridized carbons (Fsp3) is 0.917. The SMILES string of the molecule is CCCCCCCCCCCCCCC/C=C/COC[C@@H]1COC(C)(C)O1. The Kier molecular flexibility index (Phi) is 15.1. The first-order valence-corrected chi connectivity index (χ1v) is 11.7. The van der Waals surface area contributed by atoms with E-state index < -0.39 is 5.79 Å². The van der Waals surface area contributed by atoms with Crippen molar-refractivity contribution in [3.63, 3.8) is 0 Å². The molecule has 27 heavy (non-hydrogen) atoms. The minimum absolute atomic E-state index is 0.0782. The zero-order valence-electron chi connectivity index (χ0n) is 18.5. The summed E-state index contributed by atoms with van der Waals surface area (Å²) in [5.41, 5.74) is 0. The average Bonchev–Trinajstić information content (AvgIpc) is 2.99. The molecule has 1 saturated heterocycles. The van der Waals surface area contributed by atoms with Crippen LogP contribution >= 0.6 is 0 Å². The molecule has 3 heteroatoms. The van der Waals surface area contributed by atoms with Crippen molar-refractivity contribution < 1.29 is 14.2 Å². The van der Waals surface area contributed by atoms with Gasteiger partial charge in [-0.05, 0) is 26.7 Å². The largest absolute Gasteiger partial charge is 0.375 e. The van der Waals surface area contributed by atoms with E-state index in [0.717, 1.165) is 0 Å². The molecule has 0 unspecified atom stereocenters. The van der Waals surface area contributed by atoms with E-state index in [9.17, 15) is 0 Å². The fourth-order valence-corrected chi connectivity index (χ4v) is 3.58. The van der Waals surface area contributed by atoms with Crippen molar-refractivity contribution in [2.75, 3.05) is 19.8 Å². The lowest BCUT2D eigenvalue weighted by Crippen LogP contribution is -2.24. The molecule has 0 aromatic carbocycles. The number of hydrogen-bond acceptors (Lipinski definition) is 3. The molecular formula is C24H46O3. The first-order valence-electron chi connectivity index (χ1n) is 11.7. The van der Waals surface area contributed by atoms with E-state index in [1.54, 1.807) is 0 Å². The molecule has 0 saturated carbocycles. The highest BCUT2D eigenvalue weighted by Crippen LogP contribution is 2.22. The van der Waals surface area contributed by atoms with Gasteiger partial charge in [0, 0.05) is 0 Å². The van der Waals surface area contributed by atoms with Gasteiger partial charge in [0.25, 0.3) is 0 Å². The van der Waals surface area contributed by atoms with Gasteiger partial charge in [-0.3, -0.25) is 0 Å². The Hall–Kier alpha value is -0.380. The van der Waals surface area contributed by atoms with Gasteiger partial charge in [-0.1, -0.05) is 96.1 Å². The molecule has 0 aliphatic carbocycles. The Balaban J connectivity index is 1.73. The van der Waals surface area contributed by atoms with Gasteiger partial charge < -0.3 is 14.2 Å². The number of allylic oxidation sites excluding steroid dienone is 1. The van der Waals surface area contributed by atoms with E-state index in [2.05, 4.69) is 19.1 Å². The number of rotatable bonds is 18. The van der Waals surface area contributed by atoms with Crippen molar-refractivity contribution in [3.05, 3.63) is 12.2 Å². The van der Waals surface area contributed by atoms with Crippen LogP contribution in [0.15, 0.2) is 12.2 Å². The van der Waals surface area contributed by atoms with Gasteiger partial charge in [0.2, 0.25) is 0 Å². The third-order valence-corrected chi connectivity index (χ3v) is 5.23. The molecule has 0 spiro atoms. The topological polar surface area (TPSA) is 27.7 Å². The Morgan fingerprint density at radius 2 is 1.37 bits per heavy atom. The van der Waals surface area contributed by atoms with Crippen molar-refractivity contribution in [1.82, 2.24) is 0 Å². The first-order chi connectivity index (χ1) is 13.1. The quantitative estimate of drug-likeness (QED) is 0.185. The summed E-state index contributed by atoms with van der Waals surface area (Å²) < 4.78 is 16.9. The molecule has 1 heterocycles. The van der Waals surface area contributed by atoms with E-state index >= 15 is 0 Å². The maximum absolute atomic E-state index is 5.71. The van der Waals surface area contributed by atoms with Gasteiger partial charge in [-0.25, -0.2) is 0 Å². The monoisotopic (exact) mass is 382 g/mol. The number of hydrogen-bond donors (Lipinski definition) is 0. The summed E-state index contributed by atoms with van der Waals surface area (Å²) >= 11 is 0.